The molecule has 4 N–H and O–H groups in total. The summed E-state index contributed by atoms with van der Waals surface area (Å²) < 4.78 is 0. The molecule has 0 aromatic carbocycles. The van der Waals surface area contributed by atoms with Gasteiger partial charge in [0.1, 0.15) is 0 Å². The third kappa shape index (κ3) is 43.9. The molecular weight excluding hydrogens is 188 g/mol. The van der Waals surface area contributed by atoms with Crippen LogP contribution in [0.25, 0.3) is 0 Å². The molecule has 62 valence electrons. The Morgan fingerprint density at radius 2 is 0.818 bits per heavy atom. The fraction of sp³-hybridized carbons (Fsp3) is 0. The molecule has 0 heterocycles. The van der Waals surface area contributed by atoms with Crippen molar-refractivity contribution >= 4 is 55.8 Å². The second kappa shape index (κ2) is 9.47. The van der Waals surface area contributed by atoms with Gasteiger partial charge in [0.25, 0.3) is 0 Å². The molecule has 0 aromatic rings. The minimum atomic E-state index is -1.83. The molecule has 0 aliphatic heterocycles. The van der Waals surface area contributed by atoms with Gasteiger partial charge in [-0.25, -0.2) is 14.4 Å². The number of hydrogen-bond donors (Lipinski definition) is 4. The second-order valence-electron chi connectivity index (χ2n) is 0.893. The van der Waals surface area contributed by atoms with Gasteiger partial charge in [-0.3, -0.25) is 0 Å². The summed E-state index contributed by atoms with van der Waals surface area (Å²) in [4.78, 5) is 26.8. The van der Waals surface area contributed by atoms with Crippen LogP contribution in [0.4, 0.5) is 4.79 Å². The van der Waals surface area contributed by atoms with E-state index in [4.69, 9.17) is 34.8 Å². The van der Waals surface area contributed by atoms with Crippen molar-refractivity contribution in [1.82, 2.24) is 0 Å². The molecule has 0 aliphatic rings. The Hall–Kier alpha value is -0.530. The Balaban J connectivity index is -0.000000114. The summed E-state index contributed by atoms with van der Waals surface area (Å²) in [5, 5.41) is 28.7. The monoisotopic (exact) mass is 194 g/mol. The molecule has 0 atom stereocenters. The summed E-state index contributed by atoms with van der Waals surface area (Å²) >= 11 is 0. The van der Waals surface area contributed by atoms with Crippen LogP contribution in [0.15, 0.2) is 0 Å². The van der Waals surface area contributed by atoms with E-state index in [2.05, 4.69) is 0 Å². The Bertz CT molecular complexity index is 136. The summed E-state index contributed by atoms with van der Waals surface area (Å²) in [5.74, 6) is -3.65. The van der Waals surface area contributed by atoms with Crippen LogP contribution < -0.4 is 0 Å². The van der Waals surface area contributed by atoms with Crippen LogP contribution >= 0.6 is 0 Å². The summed E-state index contributed by atoms with van der Waals surface area (Å²) in [6.07, 6.45) is -1.83. The Morgan fingerprint density at radius 3 is 0.818 bits per heavy atom. The van der Waals surface area contributed by atoms with Gasteiger partial charge < -0.3 is 20.4 Å². The average molecular weight is 194 g/mol. The van der Waals surface area contributed by atoms with Gasteiger partial charge in [-0.05, 0) is 0 Å². The van der Waals surface area contributed by atoms with Gasteiger partial charge in [0.05, 0.1) is 0 Å². The van der Waals surface area contributed by atoms with Crippen molar-refractivity contribution in [2.45, 2.75) is 0 Å². The van der Waals surface area contributed by atoms with Gasteiger partial charge in [-0.15, -0.1) is 0 Å². The van der Waals surface area contributed by atoms with Gasteiger partial charge in [-0.2, -0.15) is 0 Å². The van der Waals surface area contributed by atoms with Gasteiger partial charge >= 0.3 is 55.8 Å². The Labute approximate surface area is 90.3 Å². The van der Waals surface area contributed by atoms with E-state index < -0.39 is 18.1 Å². The van der Waals surface area contributed by atoms with E-state index in [-0.39, 0.29) is 37.7 Å². The van der Waals surface area contributed by atoms with E-state index in [1.165, 1.54) is 0 Å². The van der Waals surface area contributed by atoms with E-state index in [0.717, 1.165) is 0 Å². The van der Waals surface area contributed by atoms with Crippen molar-refractivity contribution in [1.29, 1.82) is 0 Å². The van der Waals surface area contributed by atoms with Gasteiger partial charge in [-0.1, -0.05) is 0 Å². The van der Waals surface area contributed by atoms with Crippen molar-refractivity contribution in [2.75, 3.05) is 0 Å². The molecule has 0 saturated carbocycles. The topological polar surface area (TPSA) is 132 Å². The predicted octanol–water partition coefficient (Wildman–Crippen LogP) is -1.54. The van der Waals surface area contributed by atoms with Crippen molar-refractivity contribution < 1.29 is 34.8 Å². The predicted molar refractivity (Wildman–Crippen MR) is 34.5 cm³/mol. The number of hydrogen-bond acceptors (Lipinski definition) is 3. The van der Waals surface area contributed by atoms with Gasteiger partial charge in [0, 0.05) is 0 Å². The second-order valence-corrected chi connectivity index (χ2v) is 0.893. The molecule has 0 radical (unpaired) electrons. The Kier molecular flexibility index (Phi) is 14.5. The van der Waals surface area contributed by atoms with E-state index in [0.29, 0.717) is 0 Å². The number of carboxylic acid groups (broad SMARTS) is 4. The zero-order valence-electron chi connectivity index (χ0n) is 4.51. The molecule has 0 rings (SSSR count). The molecule has 7 nitrogen and oxygen atoms in total. The van der Waals surface area contributed by atoms with Crippen LogP contribution in [-0.2, 0) is 9.59 Å². The first kappa shape index (κ1) is 16.8. The normalized spacial score (nSPS) is 6.18. The molecule has 0 bridgehead atoms. The summed E-state index contributed by atoms with van der Waals surface area (Å²) in [6, 6.07) is 0. The molecular formula is C3H6CaO7. The van der Waals surface area contributed by atoms with E-state index in [1.807, 2.05) is 0 Å². The van der Waals surface area contributed by atoms with Crippen molar-refractivity contribution in [2.24, 2.45) is 0 Å². The minimum absolute atomic E-state index is 0. The van der Waals surface area contributed by atoms with Crippen molar-refractivity contribution in [3.05, 3.63) is 0 Å². The fourth-order valence-electron chi connectivity index (χ4n) is 0. The number of rotatable bonds is 0. The van der Waals surface area contributed by atoms with Crippen LogP contribution in [0.3, 0.4) is 0 Å². The van der Waals surface area contributed by atoms with Crippen LogP contribution in [-0.4, -0.2) is 76.3 Å². The van der Waals surface area contributed by atoms with Crippen molar-refractivity contribution in [3.63, 3.8) is 0 Å². The molecule has 0 amide bonds. The first-order chi connectivity index (χ1) is 4.37. The third-order valence-corrected chi connectivity index (χ3v) is 0.183. The Morgan fingerprint density at radius 1 is 0.727 bits per heavy atom. The van der Waals surface area contributed by atoms with Crippen LogP contribution in [0.1, 0.15) is 0 Å². The fourth-order valence-corrected chi connectivity index (χ4v) is 0. The van der Waals surface area contributed by atoms with Crippen LogP contribution in [0.5, 0.6) is 0 Å². The summed E-state index contributed by atoms with van der Waals surface area (Å²) in [6.45, 7) is 0. The summed E-state index contributed by atoms with van der Waals surface area (Å²) in [7, 11) is 0. The summed E-state index contributed by atoms with van der Waals surface area (Å²) in [5.41, 5.74) is 0. The van der Waals surface area contributed by atoms with Crippen LogP contribution in [0.2, 0.25) is 0 Å². The zero-order valence-corrected chi connectivity index (χ0v) is 4.51. The molecule has 8 heteroatoms. The van der Waals surface area contributed by atoms with Crippen LogP contribution in [0, 0.1) is 0 Å². The SMILES string of the molecule is O=C(O)C(=O)O.O=C(O)O.[CaH2]. The maximum atomic E-state index is 9.10. The molecule has 11 heavy (non-hydrogen) atoms. The number of carboxylic acids is 2. The molecule has 0 fully saturated rings. The number of carbonyl (C=O) groups is 3. The molecule has 0 saturated heterocycles. The molecule has 0 aromatic heterocycles. The van der Waals surface area contributed by atoms with Gasteiger partial charge in [0.2, 0.25) is 0 Å². The van der Waals surface area contributed by atoms with E-state index in [9.17, 15) is 0 Å². The average Bonchev–Trinajstić information content (AvgIpc) is 1.63. The first-order valence-electron chi connectivity index (χ1n) is 1.76. The molecule has 0 aliphatic carbocycles. The standard InChI is InChI=1S/C2H2O4.CH2O3.Ca.2H/c3-1(4)2(5)6;2-1(3)4;;;/h(H,3,4)(H,5,6);(H2,2,3,4);;;. The van der Waals surface area contributed by atoms with Crippen molar-refractivity contribution in [3.8, 4) is 0 Å². The third-order valence-electron chi connectivity index (χ3n) is 0.183. The van der Waals surface area contributed by atoms with E-state index >= 15 is 0 Å². The van der Waals surface area contributed by atoms with Gasteiger partial charge in [0.15, 0.2) is 0 Å². The first-order valence-corrected chi connectivity index (χ1v) is 1.76. The zero-order chi connectivity index (χ0) is 8.73. The maximum absolute atomic E-state index is 9.10. The molecule has 0 unspecified atom stereocenters. The quantitative estimate of drug-likeness (QED) is 0.271. The van der Waals surface area contributed by atoms with E-state index in [1.54, 1.807) is 0 Å². The number of aliphatic carboxylic acids is 2. The molecule has 0 spiro atoms.